The number of amides is 2. The first-order valence-electron chi connectivity index (χ1n) is 16.4. The first-order valence-corrected chi connectivity index (χ1v) is 18.1. The molecule has 4 aromatic heterocycles. The summed E-state index contributed by atoms with van der Waals surface area (Å²) < 4.78 is 10.8. The second-order valence-electron chi connectivity index (χ2n) is 12.1. The van der Waals surface area contributed by atoms with Crippen LogP contribution in [-0.4, -0.2) is 94.8 Å². The summed E-state index contributed by atoms with van der Waals surface area (Å²) in [6.07, 6.45) is 4.30. The maximum atomic E-state index is 12.7. The number of anilines is 4. The zero-order chi connectivity index (χ0) is 32.7. The first kappa shape index (κ1) is 32.4. The van der Waals surface area contributed by atoms with Gasteiger partial charge < -0.3 is 29.9 Å². The number of rotatable bonds is 10. The summed E-state index contributed by atoms with van der Waals surface area (Å²) in [7, 11) is 0. The second kappa shape index (κ2) is 15.4. The number of carbonyl (C=O) groups excluding carboxylic acids is 2. The summed E-state index contributed by atoms with van der Waals surface area (Å²) in [5.74, 6) is 0.972. The van der Waals surface area contributed by atoms with Crippen molar-refractivity contribution in [2.24, 2.45) is 0 Å². The predicted octanol–water partition coefficient (Wildman–Crippen LogP) is 3.66. The van der Waals surface area contributed by atoms with E-state index in [9.17, 15) is 9.59 Å². The molecule has 0 bridgehead atoms. The number of nitrogens with zero attached hydrogens (tertiary/aromatic N) is 8. The average Bonchev–Trinajstić information content (AvgIpc) is 3.80. The Morgan fingerprint density at radius 3 is 1.56 bits per heavy atom. The van der Waals surface area contributed by atoms with Crippen LogP contribution in [0.4, 0.5) is 21.9 Å². The Bertz CT molecular complexity index is 1550. The summed E-state index contributed by atoms with van der Waals surface area (Å²) in [5, 5.41) is 29.0. The number of nitrogens with one attached hydrogen (secondary N) is 2. The molecule has 3 aliphatic rings. The summed E-state index contributed by atoms with van der Waals surface area (Å²) >= 11 is 3.10. The van der Waals surface area contributed by atoms with Crippen molar-refractivity contribution in [3.8, 4) is 0 Å². The molecule has 2 aliphatic heterocycles. The van der Waals surface area contributed by atoms with Gasteiger partial charge in [0.1, 0.15) is 0 Å². The normalized spacial score (nSPS) is 20.0. The fraction of sp³-hybridized carbons (Fsp3) is 0.500. The van der Waals surface area contributed by atoms with Gasteiger partial charge >= 0.3 is 0 Å². The lowest BCUT2D eigenvalue weighted by Gasteiger charge is -2.28. The van der Waals surface area contributed by atoms with Gasteiger partial charge in [-0.15, -0.1) is 32.9 Å². The Morgan fingerprint density at radius 2 is 1.15 bits per heavy atom. The van der Waals surface area contributed by atoms with Crippen molar-refractivity contribution in [3.05, 3.63) is 57.8 Å². The number of ether oxygens (including phenoxy) is 2. The molecule has 3 fully saturated rings. The van der Waals surface area contributed by atoms with Gasteiger partial charge in [-0.25, -0.2) is 9.97 Å². The monoisotopic (exact) mass is 690 g/mol. The van der Waals surface area contributed by atoms with Gasteiger partial charge in [0.25, 0.3) is 0 Å². The SMILES string of the molecule is O=C(Cc1csc(N2CCOCC2)n1)Nc1ccc([C@H]2CCC[C@H](c3ccc(NC(=O)Cc4csc(N5CCOCC5)n4)nn3)C2)nn1. The molecule has 1 saturated carbocycles. The van der Waals surface area contributed by atoms with Crippen LogP contribution in [0.1, 0.15) is 60.3 Å². The lowest BCUT2D eigenvalue weighted by Crippen LogP contribution is -2.36. The van der Waals surface area contributed by atoms with Crippen molar-refractivity contribution in [1.29, 1.82) is 0 Å². The second-order valence-corrected chi connectivity index (χ2v) is 13.8. The van der Waals surface area contributed by atoms with Gasteiger partial charge in [-0.1, -0.05) is 6.42 Å². The maximum absolute atomic E-state index is 12.7. The van der Waals surface area contributed by atoms with Crippen LogP contribution in [0.2, 0.25) is 0 Å². The van der Waals surface area contributed by atoms with Gasteiger partial charge in [-0.05, 0) is 43.5 Å². The van der Waals surface area contributed by atoms with E-state index < -0.39 is 0 Å². The highest BCUT2D eigenvalue weighted by atomic mass is 32.1. The van der Waals surface area contributed by atoms with Crippen LogP contribution in [0.15, 0.2) is 35.0 Å². The molecule has 14 nitrogen and oxygen atoms in total. The van der Waals surface area contributed by atoms with Crippen LogP contribution >= 0.6 is 22.7 Å². The summed E-state index contributed by atoms with van der Waals surface area (Å²) in [6.45, 7) is 6.04. The molecule has 2 N–H and O–H groups in total. The zero-order valence-electron chi connectivity index (χ0n) is 26.5. The highest BCUT2D eigenvalue weighted by Crippen LogP contribution is 2.40. The molecule has 1 aliphatic carbocycles. The number of thiazole rings is 2. The van der Waals surface area contributed by atoms with Crippen molar-refractivity contribution in [3.63, 3.8) is 0 Å². The van der Waals surface area contributed by atoms with Crippen LogP contribution in [0, 0.1) is 0 Å². The van der Waals surface area contributed by atoms with Crippen LogP contribution < -0.4 is 20.4 Å². The van der Waals surface area contributed by atoms with E-state index in [4.69, 9.17) is 9.47 Å². The van der Waals surface area contributed by atoms with Gasteiger partial charge in [0, 0.05) is 48.8 Å². The lowest BCUT2D eigenvalue weighted by molar-refractivity contribution is -0.116. The lowest BCUT2D eigenvalue weighted by atomic mass is 9.78. The minimum Gasteiger partial charge on any atom is -0.378 e. The quantitative estimate of drug-likeness (QED) is 0.249. The smallest absolute Gasteiger partial charge is 0.231 e. The van der Waals surface area contributed by atoms with Crippen LogP contribution in [0.25, 0.3) is 0 Å². The molecule has 6 heterocycles. The zero-order valence-corrected chi connectivity index (χ0v) is 28.2. The molecule has 2 saturated heterocycles. The van der Waals surface area contributed by atoms with Crippen molar-refractivity contribution in [2.45, 2.75) is 50.4 Å². The molecule has 2 amide bonds. The van der Waals surface area contributed by atoms with Gasteiger partial charge in [-0.2, -0.15) is 10.2 Å². The number of hydrogen-bond acceptors (Lipinski definition) is 14. The van der Waals surface area contributed by atoms with E-state index in [-0.39, 0.29) is 36.5 Å². The standard InChI is InChI=1S/C32H38N10O4S2/c43-29(17-23-19-47-31(33-23)41-8-12-45-13-9-41)35-27-6-4-25(37-39-27)21-2-1-3-22(16-21)26-5-7-28(40-38-26)36-30(44)18-24-20-48-32(34-24)42-10-14-46-15-11-42/h4-7,19-22H,1-3,8-18H2,(H,35,39,43)(H,36,40,44)/t21-,22-/m0/s1. The molecular weight excluding hydrogens is 653 g/mol. The highest BCUT2D eigenvalue weighted by Gasteiger charge is 2.27. The maximum Gasteiger partial charge on any atom is 0.231 e. The number of morpholine rings is 2. The van der Waals surface area contributed by atoms with E-state index in [1.54, 1.807) is 22.7 Å². The van der Waals surface area contributed by atoms with E-state index in [0.717, 1.165) is 84.9 Å². The Hall–Kier alpha value is -4.12. The van der Waals surface area contributed by atoms with Crippen LogP contribution in [0.5, 0.6) is 0 Å². The number of carbonyl (C=O) groups is 2. The first-order chi connectivity index (χ1) is 23.6. The Kier molecular flexibility index (Phi) is 10.4. The van der Waals surface area contributed by atoms with Crippen molar-refractivity contribution < 1.29 is 19.1 Å². The summed E-state index contributed by atoms with van der Waals surface area (Å²) in [6, 6.07) is 7.53. The third-order valence-electron chi connectivity index (χ3n) is 8.74. The summed E-state index contributed by atoms with van der Waals surface area (Å²) in [4.78, 5) is 39.0. The molecular formula is C32H38N10O4S2. The van der Waals surface area contributed by atoms with Gasteiger partial charge in [0.2, 0.25) is 11.8 Å². The van der Waals surface area contributed by atoms with E-state index >= 15 is 0 Å². The topological polar surface area (TPSA) is 160 Å². The molecule has 16 heteroatoms. The fourth-order valence-corrected chi connectivity index (χ4v) is 8.00. The molecule has 7 rings (SSSR count). The van der Waals surface area contributed by atoms with E-state index in [0.29, 0.717) is 38.1 Å². The Balaban J connectivity index is 0.878. The third-order valence-corrected chi connectivity index (χ3v) is 10.6. The van der Waals surface area contributed by atoms with Crippen molar-refractivity contribution in [1.82, 2.24) is 30.4 Å². The largest absolute Gasteiger partial charge is 0.378 e. The minimum absolute atomic E-state index is 0.173. The van der Waals surface area contributed by atoms with Crippen LogP contribution in [0.3, 0.4) is 0 Å². The Morgan fingerprint density at radius 1 is 0.688 bits per heavy atom. The molecule has 0 unspecified atom stereocenters. The van der Waals surface area contributed by atoms with Crippen molar-refractivity contribution in [2.75, 3.05) is 73.0 Å². The molecule has 252 valence electrons. The molecule has 0 spiro atoms. The molecule has 48 heavy (non-hydrogen) atoms. The molecule has 2 atom stereocenters. The van der Waals surface area contributed by atoms with E-state index in [1.807, 2.05) is 35.0 Å². The molecule has 0 aromatic carbocycles. The third kappa shape index (κ3) is 8.29. The molecule has 4 aromatic rings. The fourth-order valence-electron chi connectivity index (χ4n) is 6.24. The van der Waals surface area contributed by atoms with Crippen LogP contribution in [-0.2, 0) is 31.9 Å². The van der Waals surface area contributed by atoms with E-state index in [1.165, 1.54) is 0 Å². The average molecular weight is 691 g/mol. The predicted molar refractivity (Wildman–Crippen MR) is 183 cm³/mol. The highest BCUT2D eigenvalue weighted by molar-refractivity contribution is 7.14. The summed E-state index contributed by atoms with van der Waals surface area (Å²) in [5.41, 5.74) is 3.29. The van der Waals surface area contributed by atoms with Gasteiger partial charge in [0.15, 0.2) is 21.9 Å². The minimum atomic E-state index is -0.173. The number of hydrogen-bond donors (Lipinski definition) is 2. The van der Waals surface area contributed by atoms with E-state index in [2.05, 4.69) is 50.8 Å². The van der Waals surface area contributed by atoms with Crippen molar-refractivity contribution >= 4 is 56.4 Å². The number of aromatic nitrogens is 6. The molecule has 0 radical (unpaired) electrons. The van der Waals surface area contributed by atoms with Gasteiger partial charge in [-0.3, -0.25) is 9.59 Å². The Labute approximate surface area is 286 Å². The van der Waals surface area contributed by atoms with Gasteiger partial charge in [0.05, 0.1) is 62.0 Å².